The minimum absolute atomic E-state index is 0.278. The van der Waals surface area contributed by atoms with Crippen molar-refractivity contribution in [2.45, 2.75) is 18.2 Å². The van der Waals surface area contributed by atoms with Gasteiger partial charge in [0, 0.05) is 34.4 Å². The van der Waals surface area contributed by atoms with E-state index in [9.17, 15) is 0 Å². The second kappa shape index (κ2) is 6.25. The standard InChI is InChI=1S/C15H19NOS2/c1-11(16-9-13-10-18-6-7-19-13)15-8-12-4-2-3-5-14(12)17-15/h2-5,8,11,13,16H,6-7,9-10H2,1H3. The first-order valence-corrected chi connectivity index (χ1v) is 8.94. The van der Waals surface area contributed by atoms with Crippen molar-refractivity contribution in [1.29, 1.82) is 0 Å². The second-order valence-electron chi connectivity index (χ2n) is 4.88. The van der Waals surface area contributed by atoms with Gasteiger partial charge < -0.3 is 9.73 Å². The number of rotatable bonds is 4. The summed E-state index contributed by atoms with van der Waals surface area (Å²) in [6.45, 7) is 3.24. The van der Waals surface area contributed by atoms with Gasteiger partial charge in [-0.05, 0) is 19.1 Å². The summed E-state index contributed by atoms with van der Waals surface area (Å²) < 4.78 is 5.90. The van der Waals surface area contributed by atoms with Gasteiger partial charge in [-0.15, -0.1) is 0 Å². The summed E-state index contributed by atoms with van der Waals surface area (Å²) in [5, 5.41) is 5.53. The molecule has 3 rings (SSSR count). The zero-order valence-electron chi connectivity index (χ0n) is 11.1. The Hall–Kier alpha value is -0.580. The topological polar surface area (TPSA) is 25.2 Å². The molecule has 0 amide bonds. The van der Waals surface area contributed by atoms with E-state index in [1.165, 1.54) is 22.6 Å². The number of para-hydroxylation sites is 1. The molecule has 2 aromatic rings. The molecule has 1 saturated heterocycles. The average molecular weight is 293 g/mol. The molecule has 1 aliphatic heterocycles. The Kier molecular flexibility index (Phi) is 4.41. The monoisotopic (exact) mass is 293 g/mol. The van der Waals surface area contributed by atoms with Gasteiger partial charge in [0.05, 0.1) is 6.04 Å². The van der Waals surface area contributed by atoms with Crippen LogP contribution in [-0.2, 0) is 0 Å². The van der Waals surface area contributed by atoms with Crippen LogP contribution in [0, 0.1) is 0 Å². The minimum atomic E-state index is 0.278. The van der Waals surface area contributed by atoms with Crippen LogP contribution in [0.25, 0.3) is 11.0 Å². The van der Waals surface area contributed by atoms with E-state index in [1.54, 1.807) is 0 Å². The molecule has 0 aliphatic carbocycles. The van der Waals surface area contributed by atoms with Gasteiger partial charge in [-0.2, -0.15) is 23.5 Å². The Morgan fingerprint density at radius 2 is 2.26 bits per heavy atom. The average Bonchev–Trinajstić information content (AvgIpc) is 2.90. The van der Waals surface area contributed by atoms with Crippen LogP contribution in [0.2, 0.25) is 0 Å². The van der Waals surface area contributed by atoms with Crippen LogP contribution >= 0.6 is 23.5 Å². The van der Waals surface area contributed by atoms with Crippen molar-refractivity contribution in [2.75, 3.05) is 23.8 Å². The lowest BCUT2D eigenvalue weighted by Crippen LogP contribution is -2.30. The zero-order chi connectivity index (χ0) is 13.1. The van der Waals surface area contributed by atoms with Crippen molar-refractivity contribution >= 4 is 34.5 Å². The van der Waals surface area contributed by atoms with Gasteiger partial charge in [-0.25, -0.2) is 0 Å². The molecule has 1 N–H and O–H groups in total. The molecule has 0 radical (unpaired) electrons. The Labute approximate surface area is 122 Å². The number of hydrogen-bond donors (Lipinski definition) is 1. The van der Waals surface area contributed by atoms with Gasteiger partial charge >= 0.3 is 0 Å². The van der Waals surface area contributed by atoms with E-state index in [4.69, 9.17) is 4.42 Å². The third-order valence-corrected chi connectivity index (χ3v) is 6.25. The summed E-state index contributed by atoms with van der Waals surface area (Å²) in [4.78, 5) is 0. The van der Waals surface area contributed by atoms with Crippen molar-refractivity contribution in [3.05, 3.63) is 36.1 Å². The number of fused-ring (bicyclic) bond motifs is 1. The maximum absolute atomic E-state index is 5.90. The SMILES string of the molecule is CC(NCC1CSCCS1)c1cc2ccccc2o1. The number of nitrogens with one attached hydrogen (secondary N) is 1. The molecule has 19 heavy (non-hydrogen) atoms. The van der Waals surface area contributed by atoms with Gasteiger partial charge in [-0.3, -0.25) is 0 Å². The Balaban J connectivity index is 1.61. The molecule has 1 aromatic carbocycles. The summed E-state index contributed by atoms with van der Waals surface area (Å²) in [5.41, 5.74) is 0.980. The normalized spacial score (nSPS) is 21.6. The third-order valence-electron chi connectivity index (χ3n) is 3.41. The van der Waals surface area contributed by atoms with Gasteiger partial charge in [0.15, 0.2) is 0 Å². The van der Waals surface area contributed by atoms with E-state index in [1.807, 2.05) is 12.1 Å². The van der Waals surface area contributed by atoms with E-state index < -0.39 is 0 Å². The lowest BCUT2D eigenvalue weighted by atomic mass is 10.2. The first-order valence-electron chi connectivity index (χ1n) is 6.74. The first-order chi connectivity index (χ1) is 9.33. The molecule has 0 saturated carbocycles. The van der Waals surface area contributed by atoms with Crippen LogP contribution < -0.4 is 5.32 Å². The number of furan rings is 1. The molecule has 1 aliphatic rings. The Morgan fingerprint density at radius 3 is 3.05 bits per heavy atom. The minimum Gasteiger partial charge on any atom is -0.459 e. The summed E-state index contributed by atoms with van der Waals surface area (Å²) in [5.74, 6) is 4.90. The van der Waals surface area contributed by atoms with Crippen LogP contribution in [0.1, 0.15) is 18.7 Å². The first kappa shape index (κ1) is 13.4. The smallest absolute Gasteiger partial charge is 0.134 e. The molecule has 2 atom stereocenters. The summed E-state index contributed by atoms with van der Waals surface area (Å²) in [6.07, 6.45) is 0. The molecule has 2 nitrogen and oxygen atoms in total. The largest absolute Gasteiger partial charge is 0.459 e. The van der Waals surface area contributed by atoms with Crippen LogP contribution in [0.5, 0.6) is 0 Å². The van der Waals surface area contributed by atoms with E-state index in [2.05, 4.69) is 54.0 Å². The highest BCUT2D eigenvalue weighted by Crippen LogP contribution is 2.26. The van der Waals surface area contributed by atoms with Crippen molar-refractivity contribution < 1.29 is 4.42 Å². The molecule has 102 valence electrons. The fourth-order valence-electron chi connectivity index (χ4n) is 2.28. The lowest BCUT2D eigenvalue weighted by molar-refractivity contribution is 0.454. The number of hydrogen-bond acceptors (Lipinski definition) is 4. The van der Waals surface area contributed by atoms with Crippen molar-refractivity contribution in [1.82, 2.24) is 5.32 Å². The lowest BCUT2D eigenvalue weighted by Gasteiger charge is -2.22. The van der Waals surface area contributed by atoms with E-state index >= 15 is 0 Å². The Bertz CT molecular complexity index is 501. The quantitative estimate of drug-likeness (QED) is 0.923. The maximum atomic E-state index is 5.90. The van der Waals surface area contributed by atoms with Crippen LogP contribution in [0.3, 0.4) is 0 Å². The fourth-order valence-corrected chi connectivity index (χ4v) is 4.90. The molecule has 0 spiro atoms. The predicted molar refractivity (Wildman–Crippen MR) is 86.2 cm³/mol. The van der Waals surface area contributed by atoms with E-state index in [0.717, 1.165) is 23.1 Å². The third kappa shape index (κ3) is 3.30. The Morgan fingerprint density at radius 1 is 1.37 bits per heavy atom. The summed E-state index contributed by atoms with van der Waals surface area (Å²) in [7, 11) is 0. The number of thioether (sulfide) groups is 2. The van der Waals surface area contributed by atoms with E-state index in [0.29, 0.717) is 0 Å². The summed E-state index contributed by atoms with van der Waals surface area (Å²) >= 11 is 4.16. The molecular weight excluding hydrogens is 274 g/mol. The number of benzene rings is 1. The fraction of sp³-hybridized carbons (Fsp3) is 0.467. The van der Waals surface area contributed by atoms with Crippen LogP contribution in [0.4, 0.5) is 0 Å². The maximum Gasteiger partial charge on any atom is 0.134 e. The molecule has 2 heterocycles. The van der Waals surface area contributed by atoms with Gasteiger partial charge in [0.25, 0.3) is 0 Å². The summed E-state index contributed by atoms with van der Waals surface area (Å²) in [6, 6.07) is 10.6. The predicted octanol–water partition coefficient (Wildman–Crippen LogP) is 3.93. The highest BCUT2D eigenvalue weighted by atomic mass is 32.2. The molecule has 1 fully saturated rings. The zero-order valence-corrected chi connectivity index (χ0v) is 12.7. The van der Waals surface area contributed by atoms with Crippen molar-refractivity contribution in [3.8, 4) is 0 Å². The van der Waals surface area contributed by atoms with Crippen molar-refractivity contribution in [3.63, 3.8) is 0 Å². The van der Waals surface area contributed by atoms with E-state index in [-0.39, 0.29) is 6.04 Å². The second-order valence-corrected chi connectivity index (χ2v) is 7.44. The van der Waals surface area contributed by atoms with Crippen molar-refractivity contribution in [2.24, 2.45) is 0 Å². The van der Waals surface area contributed by atoms with Crippen LogP contribution in [0.15, 0.2) is 34.7 Å². The van der Waals surface area contributed by atoms with Gasteiger partial charge in [0.1, 0.15) is 11.3 Å². The highest BCUT2D eigenvalue weighted by molar-refractivity contribution is 8.06. The highest BCUT2D eigenvalue weighted by Gasteiger charge is 2.17. The molecule has 0 bridgehead atoms. The molecular formula is C15H19NOS2. The van der Waals surface area contributed by atoms with Crippen LogP contribution in [-0.4, -0.2) is 29.1 Å². The van der Waals surface area contributed by atoms with Gasteiger partial charge in [0.2, 0.25) is 0 Å². The molecule has 1 aromatic heterocycles. The molecule has 4 heteroatoms. The molecule has 2 unspecified atom stereocenters. The van der Waals surface area contributed by atoms with Gasteiger partial charge in [-0.1, -0.05) is 18.2 Å².